The van der Waals surface area contributed by atoms with E-state index in [0.29, 0.717) is 0 Å². The Balaban J connectivity index is 0.000000722. The molecule has 1 aliphatic rings. The zero-order valence-electron chi connectivity index (χ0n) is 8.86. The summed E-state index contributed by atoms with van der Waals surface area (Å²) in [4.78, 5) is 0. The molecule has 0 heterocycles. The molecule has 0 aromatic heterocycles. The third-order valence-electron chi connectivity index (χ3n) is 2.92. The van der Waals surface area contributed by atoms with E-state index in [1.807, 2.05) is 12.1 Å². The number of benzene rings is 2. The standard InChI is InChI=1S/C13H9.2ClH.O.V/c1-3-7-12-10(5-1)9-11-6-2-4-8-13(11)12;;;;/h1-5,7-8H,9H2;2*1H;;/q;;;;+2/p-2. The van der Waals surface area contributed by atoms with E-state index < -0.39 is 16.2 Å². The fourth-order valence-electron chi connectivity index (χ4n) is 2.23. The summed E-state index contributed by atoms with van der Waals surface area (Å²) in [5, 5.41) is 0. The van der Waals surface area contributed by atoms with E-state index in [4.69, 9.17) is 0 Å². The molecule has 0 unspecified atom stereocenters. The summed E-state index contributed by atoms with van der Waals surface area (Å²) in [6, 6.07) is 14.5. The zero-order chi connectivity index (χ0) is 10.3. The van der Waals surface area contributed by atoms with Crippen LogP contribution in [0.4, 0.5) is 0 Å². The normalized spacial score (nSPS) is 10.4. The molecule has 0 amide bonds. The molecule has 2 aromatic carbocycles. The van der Waals surface area contributed by atoms with Gasteiger partial charge in [0.1, 0.15) is 0 Å². The monoisotopic (exact) mass is 302 g/mol. The first kappa shape index (κ1) is 14.5. The molecule has 1 nitrogen and oxygen atoms in total. The van der Waals surface area contributed by atoms with Crippen molar-refractivity contribution in [2.45, 2.75) is 6.42 Å². The van der Waals surface area contributed by atoms with Crippen LogP contribution in [0, 0.1) is 0 Å². The molecular formula is C13H9Cl2OV. The molecule has 0 atom stereocenters. The fourth-order valence-corrected chi connectivity index (χ4v) is 2.94. The number of rotatable bonds is 1. The van der Waals surface area contributed by atoms with Crippen molar-refractivity contribution in [2.75, 3.05) is 0 Å². The molecule has 0 spiro atoms. The van der Waals surface area contributed by atoms with Gasteiger partial charge in [-0.15, -0.1) is 0 Å². The van der Waals surface area contributed by atoms with Gasteiger partial charge >= 0.3 is 95.3 Å². The van der Waals surface area contributed by atoms with Crippen molar-refractivity contribution in [1.29, 1.82) is 0 Å². The van der Waals surface area contributed by atoms with Crippen LogP contribution in [0.5, 0.6) is 0 Å². The van der Waals surface area contributed by atoms with E-state index in [9.17, 15) is 3.67 Å². The van der Waals surface area contributed by atoms with Crippen LogP contribution in [0.15, 0.2) is 42.5 Å². The predicted octanol–water partition coefficient (Wildman–Crippen LogP) is -3.68. The van der Waals surface area contributed by atoms with E-state index >= 15 is 0 Å². The fraction of sp³-hybridized carbons (Fsp3) is 0.0769. The van der Waals surface area contributed by atoms with E-state index in [1.165, 1.54) is 22.3 Å². The molecular weight excluding hydrogens is 294 g/mol. The Hall–Kier alpha value is -0.596. The third kappa shape index (κ3) is 2.34. The van der Waals surface area contributed by atoms with E-state index in [-0.39, 0.29) is 24.8 Å². The van der Waals surface area contributed by atoms with Gasteiger partial charge in [-0.25, -0.2) is 0 Å². The van der Waals surface area contributed by atoms with Crippen LogP contribution in [-0.2, 0) is 26.3 Å². The van der Waals surface area contributed by atoms with Gasteiger partial charge in [0, 0.05) is 0 Å². The van der Waals surface area contributed by atoms with Crippen molar-refractivity contribution in [3.8, 4) is 11.1 Å². The molecule has 0 N–H and O–H groups in total. The van der Waals surface area contributed by atoms with Gasteiger partial charge in [0.15, 0.2) is 0 Å². The molecule has 1 aliphatic carbocycles. The average Bonchev–Trinajstić information content (AvgIpc) is 2.67. The Labute approximate surface area is 120 Å². The minimum absolute atomic E-state index is 0. The third-order valence-corrected chi connectivity index (χ3v) is 3.89. The summed E-state index contributed by atoms with van der Waals surface area (Å²) >= 11 is -0.911. The van der Waals surface area contributed by atoms with Gasteiger partial charge in [0.2, 0.25) is 0 Å². The summed E-state index contributed by atoms with van der Waals surface area (Å²) in [6.07, 6.45) is 0.944. The first-order valence-corrected chi connectivity index (χ1v) is 6.20. The minimum atomic E-state index is -0.911. The summed E-state index contributed by atoms with van der Waals surface area (Å²) in [5.41, 5.74) is 5.21. The molecule has 2 aromatic rings. The van der Waals surface area contributed by atoms with Crippen LogP contribution in [0.25, 0.3) is 11.1 Å². The molecule has 17 heavy (non-hydrogen) atoms. The predicted molar refractivity (Wildman–Crippen MR) is 55.0 cm³/mol. The number of fused-ring (bicyclic) bond motifs is 3. The van der Waals surface area contributed by atoms with Crippen LogP contribution in [0.3, 0.4) is 0 Å². The van der Waals surface area contributed by atoms with Gasteiger partial charge in [0.05, 0.1) is 0 Å². The molecule has 0 aliphatic heterocycles. The molecule has 0 fully saturated rings. The Morgan fingerprint density at radius 2 is 1.59 bits per heavy atom. The first-order chi connectivity index (χ1) is 7.40. The van der Waals surface area contributed by atoms with Crippen LogP contribution in [-0.4, -0.2) is 0 Å². The van der Waals surface area contributed by atoms with Gasteiger partial charge in [0.25, 0.3) is 0 Å². The van der Waals surface area contributed by atoms with Gasteiger partial charge in [-0.1, -0.05) is 0 Å². The molecule has 0 bridgehead atoms. The Bertz CT molecular complexity index is 555. The summed E-state index contributed by atoms with van der Waals surface area (Å²) in [7, 11) is 0. The van der Waals surface area contributed by atoms with Gasteiger partial charge in [-0.05, 0) is 0 Å². The number of halogens is 2. The summed E-state index contributed by atoms with van der Waals surface area (Å²) in [6.45, 7) is 0. The second-order valence-electron chi connectivity index (χ2n) is 3.73. The van der Waals surface area contributed by atoms with Crippen molar-refractivity contribution in [3.63, 3.8) is 0 Å². The van der Waals surface area contributed by atoms with E-state index in [1.54, 1.807) is 0 Å². The topological polar surface area (TPSA) is 17.1 Å². The number of hydrogen-bond acceptors (Lipinski definition) is 1. The van der Waals surface area contributed by atoms with Crippen LogP contribution in [0.1, 0.15) is 11.1 Å². The molecule has 0 saturated heterocycles. The summed E-state index contributed by atoms with van der Waals surface area (Å²) < 4.78 is 12.2. The molecule has 0 radical (unpaired) electrons. The van der Waals surface area contributed by atoms with Crippen LogP contribution >= 0.6 is 0 Å². The SMILES string of the molecule is [Cl-].[Cl-].[O]=[V+2][c]1cccc2c1Cc1ccccc1-2. The van der Waals surface area contributed by atoms with Gasteiger partial charge in [-0.3, -0.25) is 0 Å². The second kappa shape index (κ2) is 5.84. The molecule has 4 heteroatoms. The van der Waals surface area contributed by atoms with Crippen LogP contribution in [0.2, 0.25) is 0 Å². The first-order valence-electron chi connectivity index (χ1n) is 4.93. The maximum absolute atomic E-state index is 11.1. The molecule has 86 valence electrons. The van der Waals surface area contributed by atoms with E-state index in [0.717, 1.165) is 10.7 Å². The van der Waals surface area contributed by atoms with Crippen LogP contribution < -0.4 is 29.1 Å². The van der Waals surface area contributed by atoms with Crippen molar-refractivity contribution >= 4 is 4.28 Å². The van der Waals surface area contributed by atoms with Gasteiger partial charge < -0.3 is 24.8 Å². The Morgan fingerprint density at radius 3 is 2.35 bits per heavy atom. The number of hydrogen-bond donors (Lipinski definition) is 0. The van der Waals surface area contributed by atoms with Crippen molar-refractivity contribution in [2.24, 2.45) is 0 Å². The van der Waals surface area contributed by atoms with Gasteiger partial charge in [-0.2, -0.15) is 0 Å². The van der Waals surface area contributed by atoms with Crippen molar-refractivity contribution < 1.29 is 44.7 Å². The average molecular weight is 303 g/mol. The second-order valence-corrected chi connectivity index (χ2v) is 4.77. The maximum atomic E-state index is 11.1. The quantitative estimate of drug-likeness (QED) is 0.453. The Morgan fingerprint density at radius 1 is 0.882 bits per heavy atom. The summed E-state index contributed by atoms with van der Waals surface area (Å²) in [5.74, 6) is 0. The Kier molecular flexibility index (Phi) is 4.97. The van der Waals surface area contributed by atoms with Crippen molar-refractivity contribution in [1.82, 2.24) is 0 Å². The zero-order valence-corrected chi connectivity index (χ0v) is 11.8. The van der Waals surface area contributed by atoms with E-state index in [2.05, 4.69) is 30.3 Å². The molecule has 0 saturated carbocycles. The molecule has 3 rings (SSSR count). The van der Waals surface area contributed by atoms with Crippen molar-refractivity contribution in [3.05, 3.63) is 53.6 Å².